The van der Waals surface area contributed by atoms with Crippen LogP contribution in [0.25, 0.3) is 22.4 Å². The van der Waals surface area contributed by atoms with Gasteiger partial charge in [-0.05, 0) is 35.2 Å². The molecule has 0 aliphatic rings. The minimum Gasteiger partial charge on any atom is -0.378 e. The van der Waals surface area contributed by atoms with Crippen molar-refractivity contribution in [3.8, 4) is 28.5 Å². The van der Waals surface area contributed by atoms with Crippen molar-refractivity contribution in [1.29, 1.82) is 5.26 Å². The van der Waals surface area contributed by atoms with Crippen LogP contribution in [-0.4, -0.2) is 24.9 Å². The van der Waals surface area contributed by atoms with Gasteiger partial charge in [-0.2, -0.15) is 5.26 Å². The zero-order chi connectivity index (χ0) is 23.9. The van der Waals surface area contributed by atoms with Crippen LogP contribution in [0.5, 0.6) is 0 Å². The summed E-state index contributed by atoms with van der Waals surface area (Å²) in [6.45, 7) is 2.98. The van der Waals surface area contributed by atoms with E-state index in [1.54, 1.807) is 0 Å². The predicted octanol–water partition coefficient (Wildman–Crippen LogP) is 7.31. The molecule has 0 fully saturated rings. The first-order valence-corrected chi connectivity index (χ1v) is 11.7. The Hall–Kier alpha value is -4.10. The highest BCUT2D eigenvalue weighted by molar-refractivity contribution is 5.92. The van der Waals surface area contributed by atoms with Crippen molar-refractivity contribution in [2.24, 2.45) is 4.99 Å². The van der Waals surface area contributed by atoms with Crippen LogP contribution < -0.4 is 4.90 Å². The highest BCUT2D eigenvalue weighted by atomic mass is 15.1. The number of nitriles is 1. The van der Waals surface area contributed by atoms with Crippen LogP contribution in [0.1, 0.15) is 30.9 Å². The van der Waals surface area contributed by atoms with Crippen LogP contribution in [0.15, 0.2) is 89.9 Å². The molecule has 0 aliphatic carbocycles. The largest absolute Gasteiger partial charge is 0.378 e. The van der Waals surface area contributed by atoms with Crippen molar-refractivity contribution in [1.82, 2.24) is 4.57 Å². The number of hydrogen-bond donors (Lipinski definition) is 0. The van der Waals surface area contributed by atoms with Gasteiger partial charge in [0, 0.05) is 38.1 Å². The van der Waals surface area contributed by atoms with E-state index in [4.69, 9.17) is 4.99 Å². The number of hydrogen-bond acceptors (Lipinski definition) is 3. The Balaban J connectivity index is 1.93. The Morgan fingerprint density at radius 1 is 0.882 bits per heavy atom. The highest BCUT2D eigenvalue weighted by Crippen LogP contribution is 2.42. The summed E-state index contributed by atoms with van der Waals surface area (Å²) in [5.41, 5.74) is 6.86. The third-order valence-corrected chi connectivity index (χ3v) is 5.94. The van der Waals surface area contributed by atoms with Gasteiger partial charge in [-0.25, -0.2) is 4.99 Å². The van der Waals surface area contributed by atoms with E-state index in [-0.39, 0.29) is 0 Å². The van der Waals surface area contributed by atoms with Gasteiger partial charge in [0.15, 0.2) is 5.82 Å². The first-order valence-electron chi connectivity index (χ1n) is 11.7. The summed E-state index contributed by atoms with van der Waals surface area (Å²) < 4.78 is 2.23. The molecule has 34 heavy (non-hydrogen) atoms. The molecule has 0 N–H and O–H groups in total. The average molecular weight is 447 g/mol. The fraction of sp³-hybridized carbons (Fsp3) is 0.200. The Labute approximate surface area is 202 Å². The molecule has 1 heterocycles. The van der Waals surface area contributed by atoms with Crippen LogP contribution in [0.4, 0.5) is 11.5 Å². The van der Waals surface area contributed by atoms with Crippen LogP contribution in [-0.2, 0) is 6.54 Å². The van der Waals surface area contributed by atoms with E-state index in [1.807, 2.05) is 56.7 Å². The van der Waals surface area contributed by atoms with Crippen LogP contribution >= 0.6 is 0 Å². The van der Waals surface area contributed by atoms with Crippen molar-refractivity contribution >= 4 is 17.7 Å². The molecule has 4 aromatic rings. The standard InChI is InChI=1S/C30H30N4/c1-4-5-20-34-29(25-14-10-7-11-15-25)28(24-12-8-6-9-13-24)27(21-31)30(34)32-22-23-16-18-26(19-17-23)33(2)3/h6-19,22H,4-5,20H2,1-3H3. The summed E-state index contributed by atoms with van der Waals surface area (Å²) in [7, 11) is 4.05. The zero-order valence-electron chi connectivity index (χ0n) is 20.1. The van der Waals surface area contributed by atoms with Gasteiger partial charge in [0.05, 0.1) is 5.69 Å². The molecule has 0 radical (unpaired) electrons. The first-order chi connectivity index (χ1) is 16.6. The number of aliphatic imine (C=N–C) groups is 1. The van der Waals surface area contributed by atoms with Crippen molar-refractivity contribution in [2.75, 3.05) is 19.0 Å². The number of unbranched alkanes of at least 4 members (excludes halogenated alkanes) is 1. The summed E-state index contributed by atoms with van der Waals surface area (Å²) in [4.78, 5) is 6.98. The summed E-state index contributed by atoms with van der Waals surface area (Å²) in [6.07, 6.45) is 3.93. The number of nitrogens with zero attached hydrogens (tertiary/aromatic N) is 4. The summed E-state index contributed by atoms with van der Waals surface area (Å²) >= 11 is 0. The summed E-state index contributed by atoms with van der Waals surface area (Å²) in [5.74, 6) is 0.713. The fourth-order valence-corrected chi connectivity index (χ4v) is 4.16. The van der Waals surface area contributed by atoms with E-state index in [0.29, 0.717) is 11.4 Å². The molecule has 0 unspecified atom stereocenters. The Kier molecular flexibility index (Phi) is 7.25. The van der Waals surface area contributed by atoms with E-state index in [1.165, 1.54) is 0 Å². The van der Waals surface area contributed by atoms with Gasteiger partial charge < -0.3 is 9.47 Å². The van der Waals surface area contributed by atoms with Crippen LogP contribution in [0.2, 0.25) is 0 Å². The molecule has 0 aliphatic heterocycles. The Morgan fingerprint density at radius 3 is 2.06 bits per heavy atom. The maximum atomic E-state index is 10.3. The maximum absolute atomic E-state index is 10.3. The van der Waals surface area contributed by atoms with E-state index in [9.17, 15) is 5.26 Å². The second-order valence-corrected chi connectivity index (χ2v) is 8.52. The maximum Gasteiger partial charge on any atom is 0.151 e. The van der Waals surface area contributed by atoms with Gasteiger partial charge in [-0.1, -0.05) is 86.1 Å². The van der Waals surface area contributed by atoms with Gasteiger partial charge in [-0.15, -0.1) is 0 Å². The molecule has 0 bridgehead atoms. The first kappa shape index (κ1) is 23.1. The van der Waals surface area contributed by atoms with E-state index < -0.39 is 0 Å². The van der Waals surface area contributed by atoms with Crippen LogP contribution in [0.3, 0.4) is 0 Å². The van der Waals surface area contributed by atoms with Gasteiger partial charge in [0.1, 0.15) is 11.6 Å². The van der Waals surface area contributed by atoms with E-state index >= 15 is 0 Å². The van der Waals surface area contributed by atoms with Gasteiger partial charge in [0.2, 0.25) is 0 Å². The minimum absolute atomic E-state index is 0.613. The fourth-order valence-electron chi connectivity index (χ4n) is 4.16. The molecule has 0 amide bonds. The molecular formula is C30H30N4. The molecule has 0 atom stereocenters. The zero-order valence-corrected chi connectivity index (χ0v) is 20.1. The molecule has 0 saturated carbocycles. The lowest BCUT2D eigenvalue weighted by Gasteiger charge is -2.13. The third-order valence-electron chi connectivity index (χ3n) is 5.94. The molecule has 4 nitrogen and oxygen atoms in total. The monoisotopic (exact) mass is 446 g/mol. The average Bonchev–Trinajstić information content (AvgIpc) is 3.20. The van der Waals surface area contributed by atoms with Crippen LogP contribution in [0, 0.1) is 11.3 Å². The molecule has 4 rings (SSSR count). The smallest absolute Gasteiger partial charge is 0.151 e. The summed E-state index contributed by atoms with van der Waals surface area (Å²) in [6, 6.07) is 31.3. The SMILES string of the molecule is CCCCn1c(N=Cc2ccc(N(C)C)cc2)c(C#N)c(-c2ccccc2)c1-c1ccccc1. The number of aromatic nitrogens is 1. The number of rotatable bonds is 8. The molecule has 4 heteroatoms. The van der Waals surface area contributed by atoms with Gasteiger partial charge in [0.25, 0.3) is 0 Å². The highest BCUT2D eigenvalue weighted by Gasteiger charge is 2.24. The molecule has 0 saturated heterocycles. The van der Waals surface area contributed by atoms with Crippen molar-refractivity contribution < 1.29 is 0 Å². The second kappa shape index (κ2) is 10.7. The van der Waals surface area contributed by atoms with Gasteiger partial charge in [-0.3, -0.25) is 0 Å². The Morgan fingerprint density at radius 2 is 1.50 bits per heavy atom. The van der Waals surface area contributed by atoms with E-state index in [0.717, 1.165) is 53.0 Å². The lowest BCUT2D eigenvalue weighted by atomic mass is 9.98. The van der Waals surface area contributed by atoms with Crippen molar-refractivity contribution in [3.05, 3.63) is 96.1 Å². The normalized spacial score (nSPS) is 11.0. The topological polar surface area (TPSA) is 44.3 Å². The molecule has 3 aromatic carbocycles. The van der Waals surface area contributed by atoms with E-state index in [2.05, 4.69) is 71.0 Å². The summed E-state index contributed by atoms with van der Waals surface area (Å²) in [5, 5.41) is 10.3. The number of anilines is 1. The molecular weight excluding hydrogens is 416 g/mol. The Bertz CT molecular complexity index is 1290. The second-order valence-electron chi connectivity index (χ2n) is 8.52. The third kappa shape index (κ3) is 4.79. The minimum atomic E-state index is 0.613. The number of benzene rings is 3. The van der Waals surface area contributed by atoms with Gasteiger partial charge >= 0.3 is 0 Å². The molecule has 0 spiro atoms. The lowest BCUT2D eigenvalue weighted by molar-refractivity contribution is 0.642. The van der Waals surface area contributed by atoms with Crippen molar-refractivity contribution in [3.63, 3.8) is 0 Å². The predicted molar refractivity (Wildman–Crippen MR) is 143 cm³/mol. The molecule has 1 aromatic heterocycles. The van der Waals surface area contributed by atoms with Crippen molar-refractivity contribution in [2.45, 2.75) is 26.3 Å². The molecule has 170 valence electrons. The lowest BCUT2D eigenvalue weighted by Crippen LogP contribution is -2.08. The quantitative estimate of drug-likeness (QED) is 0.266.